The lowest BCUT2D eigenvalue weighted by atomic mass is 9.96. The molecule has 31 heavy (non-hydrogen) atoms. The highest BCUT2D eigenvalue weighted by Crippen LogP contribution is 2.33. The fraction of sp³-hybridized carbons (Fsp3) is 0.500. The number of nitrogens with zero attached hydrogens (tertiary/aromatic N) is 6. The molecule has 3 aromatic rings. The van der Waals surface area contributed by atoms with Crippen molar-refractivity contribution in [1.82, 2.24) is 34.4 Å². The van der Waals surface area contributed by atoms with Crippen LogP contribution >= 0.6 is 0 Å². The number of piperazine rings is 1. The largest absolute Gasteiger partial charge is 0.390 e. The Balaban J connectivity index is 1.69. The summed E-state index contributed by atoms with van der Waals surface area (Å²) < 4.78 is 66.1. The van der Waals surface area contributed by atoms with Crippen molar-refractivity contribution in [1.29, 1.82) is 0 Å². The highest BCUT2D eigenvalue weighted by molar-refractivity contribution is 7.89. The van der Waals surface area contributed by atoms with Crippen molar-refractivity contribution < 1.29 is 21.6 Å². The first-order valence-electron chi connectivity index (χ1n) is 9.65. The van der Waals surface area contributed by atoms with E-state index in [1.54, 1.807) is 11.1 Å². The number of aryl methyl sites for hydroxylation is 2. The lowest BCUT2D eigenvalue weighted by Gasteiger charge is -2.41. The number of H-pyrrole nitrogens is 1. The van der Waals surface area contributed by atoms with Gasteiger partial charge in [-0.05, 0) is 30.2 Å². The molecule has 1 atom stereocenters. The molecular weight excluding hydrogens is 435 g/mol. The summed E-state index contributed by atoms with van der Waals surface area (Å²) in [5, 5.41) is 15.2. The molecule has 168 valence electrons. The molecule has 0 saturated carbocycles. The number of alkyl halides is 3. The lowest BCUT2D eigenvalue weighted by Crippen LogP contribution is -2.51. The second-order valence-electron chi connectivity index (χ2n) is 7.62. The van der Waals surface area contributed by atoms with Crippen LogP contribution in [0.2, 0.25) is 0 Å². The molecule has 0 radical (unpaired) electrons. The van der Waals surface area contributed by atoms with Crippen molar-refractivity contribution in [2.75, 3.05) is 26.2 Å². The second-order valence-corrected chi connectivity index (χ2v) is 9.50. The van der Waals surface area contributed by atoms with E-state index in [2.05, 4.69) is 20.4 Å². The number of benzene rings is 1. The van der Waals surface area contributed by atoms with Gasteiger partial charge in [-0.1, -0.05) is 0 Å². The average Bonchev–Trinajstić information content (AvgIpc) is 3.33. The number of fused-ring (bicyclic) bond motifs is 1. The molecule has 4 rings (SSSR count). The van der Waals surface area contributed by atoms with E-state index in [4.69, 9.17) is 0 Å². The summed E-state index contributed by atoms with van der Waals surface area (Å²) in [4.78, 5) is 2.85. The highest BCUT2D eigenvalue weighted by atomic mass is 32.2. The minimum absolute atomic E-state index is 0.0148. The van der Waals surface area contributed by atoms with Crippen molar-refractivity contribution in [2.24, 2.45) is 7.05 Å². The Labute approximate surface area is 176 Å². The topological polar surface area (TPSA) is 100 Å². The van der Waals surface area contributed by atoms with Crippen LogP contribution in [0.25, 0.3) is 10.9 Å². The first kappa shape index (κ1) is 21.7. The highest BCUT2D eigenvalue weighted by Gasteiger charge is 2.38. The van der Waals surface area contributed by atoms with E-state index < -0.39 is 28.7 Å². The summed E-state index contributed by atoms with van der Waals surface area (Å²) in [6.07, 6.45) is -2.46. The van der Waals surface area contributed by atoms with Gasteiger partial charge >= 0.3 is 6.18 Å². The van der Waals surface area contributed by atoms with Gasteiger partial charge in [0.2, 0.25) is 5.03 Å². The zero-order valence-electron chi connectivity index (χ0n) is 17.0. The van der Waals surface area contributed by atoms with Gasteiger partial charge < -0.3 is 0 Å². The minimum Gasteiger partial charge on any atom is -0.293 e. The molecule has 0 amide bonds. The Bertz CT molecular complexity index is 1190. The fourth-order valence-electron chi connectivity index (χ4n) is 3.90. The number of hydrogen-bond acceptors (Lipinski definition) is 6. The molecule has 1 unspecified atom stereocenters. The van der Waals surface area contributed by atoms with Crippen LogP contribution in [0.5, 0.6) is 0 Å². The summed E-state index contributed by atoms with van der Waals surface area (Å²) in [7, 11) is -2.41. The van der Waals surface area contributed by atoms with Crippen LogP contribution in [0.15, 0.2) is 29.6 Å². The van der Waals surface area contributed by atoms with E-state index >= 15 is 0 Å². The Morgan fingerprint density at radius 3 is 2.68 bits per heavy atom. The van der Waals surface area contributed by atoms with Gasteiger partial charge in [-0.15, -0.1) is 5.10 Å². The predicted octanol–water partition coefficient (Wildman–Crippen LogP) is 2.00. The molecule has 0 aliphatic carbocycles. The van der Waals surface area contributed by atoms with Gasteiger partial charge in [0.15, 0.2) is 0 Å². The summed E-state index contributed by atoms with van der Waals surface area (Å²) in [6.45, 7) is 1.90. The number of aromatic nitrogens is 5. The summed E-state index contributed by atoms with van der Waals surface area (Å²) >= 11 is 0. The third-order valence-corrected chi connectivity index (χ3v) is 7.23. The maximum atomic E-state index is 13.1. The maximum absolute atomic E-state index is 13.1. The third-order valence-electron chi connectivity index (χ3n) is 5.51. The molecule has 3 heterocycles. The molecule has 9 nitrogen and oxygen atoms in total. The summed E-state index contributed by atoms with van der Waals surface area (Å²) in [6, 6.07) is 3.19. The molecule has 0 bridgehead atoms. The molecule has 1 aliphatic rings. The van der Waals surface area contributed by atoms with Gasteiger partial charge in [0, 0.05) is 44.7 Å². The molecule has 0 spiro atoms. The third kappa shape index (κ3) is 4.43. The number of hydrogen-bond donors (Lipinski definition) is 1. The average molecular weight is 457 g/mol. The molecule has 2 aromatic heterocycles. The van der Waals surface area contributed by atoms with Crippen LogP contribution in [0, 0.1) is 6.92 Å². The summed E-state index contributed by atoms with van der Waals surface area (Å²) in [5.74, 6) is 0. The van der Waals surface area contributed by atoms with E-state index in [1.807, 2.05) is 19.1 Å². The van der Waals surface area contributed by atoms with Crippen LogP contribution in [-0.2, 0) is 17.1 Å². The molecule has 1 N–H and O–H groups in total. The van der Waals surface area contributed by atoms with E-state index in [-0.39, 0.29) is 31.2 Å². The Hall–Kier alpha value is -2.51. The zero-order valence-corrected chi connectivity index (χ0v) is 17.8. The fourth-order valence-corrected chi connectivity index (χ4v) is 5.23. The first-order valence-corrected chi connectivity index (χ1v) is 11.1. The molecule has 1 aliphatic heterocycles. The summed E-state index contributed by atoms with van der Waals surface area (Å²) in [5.41, 5.74) is 2.43. The van der Waals surface area contributed by atoms with Crippen LogP contribution in [0.1, 0.15) is 23.6 Å². The van der Waals surface area contributed by atoms with Crippen molar-refractivity contribution in [3.8, 4) is 0 Å². The SMILES string of the molecule is Cc1cc2[nH]ncc2cc1C1CN(S(=O)(=O)c2cnn(C)n2)CCN1CCC(F)(F)F. The van der Waals surface area contributed by atoms with E-state index in [0.29, 0.717) is 0 Å². The van der Waals surface area contributed by atoms with E-state index in [0.717, 1.165) is 26.8 Å². The van der Waals surface area contributed by atoms with Gasteiger partial charge in [0.25, 0.3) is 10.0 Å². The Morgan fingerprint density at radius 1 is 1.23 bits per heavy atom. The van der Waals surface area contributed by atoms with Gasteiger partial charge in [-0.3, -0.25) is 10.00 Å². The molecule has 1 fully saturated rings. The zero-order chi connectivity index (χ0) is 22.4. The lowest BCUT2D eigenvalue weighted by molar-refractivity contribution is -0.140. The van der Waals surface area contributed by atoms with Crippen LogP contribution < -0.4 is 0 Å². The smallest absolute Gasteiger partial charge is 0.293 e. The van der Waals surface area contributed by atoms with Crippen LogP contribution in [0.3, 0.4) is 0 Å². The standard InChI is InChI=1S/C18H22F3N7O2S/c1-12-7-15-13(9-22-24-15)8-14(12)16-11-28(6-5-27(16)4-3-18(19,20)21)31(29,30)17-10-23-26(2)25-17/h7-10,16H,3-6,11H2,1-2H3,(H,22,24). The minimum atomic E-state index is -4.29. The maximum Gasteiger partial charge on any atom is 0.390 e. The number of halogens is 3. The Morgan fingerprint density at radius 2 is 2.00 bits per heavy atom. The predicted molar refractivity (Wildman–Crippen MR) is 106 cm³/mol. The van der Waals surface area contributed by atoms with Crippen LogP contribution in [0.4, 0.5) is 13.2 Å². The van der Waals surface area contributed by atoms with Crippen molar-refractivity contribution in [3.05, 3.63) is 35.7 Å². The first-order chi connectivity index (χ1) is 14.5. The normalized spacial score (nSPS) is 19.3. The van der Waals surface area contributed by atoms with Crippen LogP contribution in [-0.4, -0.2) is 75.2 Å². The van der Waals surface area contributed by atoms with Gasteiger partial charge in [0.1, 0.15) is 0 Å². The number of rotatable bonds is 5. The number of sulfonamides is 1. The van der Waals surface area contributed by atoms with E-state index in [9.17, 15) is 21.6 Å². The second kappa shape index (κ2) is 7.88. The van der Waals surface area contributed by atoms with Gasteiger partial charge in [-0.25, -0.2) is 8.42 Å². The number of nitrogens with one attached hydrogen (secondary N) is 1. The molecule has 13 heteroatoms. The quantitative estimate of drug-likeness (QED) is 0.629. The van der Waals surface area contributed by atoms with Crippen molar-refractivity contribution >= 4 is 20.9 Å². The van der Waals surface area contributed by atoms with Crippen molar-refractivity contribution in [3.63, 3.8) is 0 Å². The monoisotopic (exact) mass is 457 g/mol. The molecule has 1 saturated heterocycles. The molecule has 1 aromatic carbocycles. The Kier molecular flexibility index (Phi) is 5.52. The van der Waals surface area contributed by atoms with Gasteiger partial charge in [0.05, 0.1) is 24.3 Å². The van der Waals surface area contributed by atoms with E-state index in [1.165, 1.54) is 17.5 Å². The molecular formula is C18H22F3N7O2S. The van der Waals surface area contributed by atoms with Crippen molar-refractivity contribution in [2.45, 2.75) is 30.6 Å². The number of aromatic amines is 1. The van der Waals surface area contributed by atoms with Gasteiger partial charge in [-0.2, -0.15) is 32.5 Å².